The maximum absolute atomic E-state index is 12.2. The van der Waals surface area contributed by atoms with Gasteiger partial charge in [0.2, 0.25) is 0 Å². The molecule has 3 rings (SSSR count). The average Bonchev–Trinajstić information content (AvgIpc) is 2.53. The van der Waals surface area contributed by atoms with Crippen molar-refractivity contribution in [1.82, 2.24) is 0 Å². The van der Waals surface area contributed by atoms with Gasteiger partial charge in [-0.25, -0.2) is 0 Å². The molecule has 1 aromatic heterocycles. The molecule has 0 aliphatic carbocycles. The van der Waals surface area contributed by atoms with Gasteiger partial charge in [-0.1, -0.05) is 23.7 Å². The Morgan fingerprint density at radius 1 is 1.09 bits per heavy atom. The van der Waals surface area contributed by atoms with Gasteiger partial charge < -0.3 is 9.52 Å². The number of Topliss-reactive ketones (excluding diaryl/α,β-unsaturated/α-hetero) is 1. The zero-order chi connectivity index (χ0) is 16.4. The Bertz CT molecular complexity index is 926. The highest BCUT2D eigenvalue weighted by atomic mass is 35.5. The summed E-state index contributed by atoms with van der Waals surface area (Å²) < 4.78 is 5.46. The lowest BCUT2D eigenvalue weighted by molar-refractivity contribution is 0.0956. The zero-order valence-electron chi connectivity index (χ0n) is 12.1. The molecule has 4 nitrogen and oxygen atoms in total. The van der Waals surface area contributed by atoms with E-state index >= 15 is 0 Å². The number of rotatable bonds is 4. The lowest BCUT2D eigenvalue weighted by Gasteiger charge is -2.04. The fourth-order valence-electron chi connectivity index (χ4n) is 2.31. The van der Waals surface area contributed by atoms with Gasteiger partial charge in [0.1, 0.15) is 11.3 Å². The van der Waals surface area contributed by atoms with Crippen molar-refractivity contribution >= 4 is 28.4 Å². The first-order chi connectivity index (χ1) is 11.0. The maximum Gasteiger partial charge on any atom is 0.198 e. The topological polar surface area (TPSA) is 67.5 Å². The minimum atomic E-state index is -0.305. The third-order valence-corrected chi connectivity index (χ3v) is 3.79. The summed E-state index contributed by atoms with van der Waals surface area (Å²) in [5.74, 6) is -0.282. The molecule has 2 aromatic carbocycles. The minimum Gasteiger partial charge on any atom is -0.508 e. The maximum atomic E-state index is 12.2. The summed E-state index contributed by atoms with van der Waals surface area (Å²) >= 11 is 5.82. The van der Waals surface area contributed by atoms with E-state index in [9.17, 15) is 14.7 Å². The van der Waals surface area contributed by atoms with E-state index < -0.39 is 0 Å². The molecule has 1 heterocycles. The second-order valence-electron chi connectivity index (χ2n) is 5.21. The summed E-state index contributed by atoms with van der Waals surface area (Å²) in [6.45, 7) is 0. The molecule has 0 fully saturated rings. The smallest absolute Gasteiger partial charge is 0.198 e. The van der Waals surface area contributed by atoms with Crippen LogP contribution in [0.5, 0.6) is 5.75 Å². The lowest BCUT2D eigenvalue weighted by Crippen LogP contribution is -2.08. The van der Waals surface area contributed by atoms with E-state index in [1.54, 1.807) is 12.1 Å². The first-order valence-electron chi connectivity index (χ1n) is 7.07. The molecule has 0 saturated carbocycles. The number of hydrogen-bond acceptors (Lipinski definition) is 4. The van der Waals surface area contributed by atoms with E-state index in [2.05, 4.69) is 0 Å². The Morgan fingerprint density at radius 3 is 2.57 bits per heavy atom. The number of carbonyl (C=O) groups excluding carboxylic acids is 1. The van der Waals surface area contributed by atoms with Gasteiger partial charge in [0.05, 0.1) is 5.39 Å². The molecule has 0 amide bonds. The number of halogens is 1. The molecule has 0 aliphatic heterocycles. The number of fused-ring (bicyclic) bond motifs is 1. The van der Waals surface area contributed by atoms with E-state index in [1.807, 2.05) is 12.1 Å². The van der Waals surface area contributed by atoms with Gasteiger partial charge in [-0.15, -0.1) is 0 Å². The number of hydrogen-bond donors (Lipinski definition) is 1. The van der Waals surface area contributed by atoms with Crippen LogP contribution in [0.2, 0.25) is 5.02 Å². The summed E-state index contributed by atoms with van der Waals surface area (Å²) in [6, 6.07) is 12.6. The van der Waals surface area contributed by atoms with E-state index in [4.69, 9.17) is 16.0 Å². The summed E-state index contributed by atoms with van der Waals surface area (Å²) in [5.41, 5.74) is 0.872. The van der Waals surface area contributed by atoms with Crippen molar-refractivity contribution in [2.24, 2.45) is 0 Å². The summed E-state index contributed by atoms with van der Waals surface area (Å²) in [5, 5.41) is 10.4. The molecule has 0 saturated heterocycles. The van der Waals surface area contributed by atoms with Crippen molar-refractivity contribution in [1.29, 1.82) is 0 Å². The molecule has 1 N–H and O–H groups in total. The van der Waals surface area contributed by atoms with Gasteiger partial charge in [-0.05, 0) is 36.2 Å². The highest BCUT2D eigenvalue weighted by Crippen LogP contribution is 2.19. The van der Waals surface area contributed by atoms with Gasteiger partial charge in [-0.3, -0.25) is 9.59 Å². The Balaban J connectivity index is 1.83. The van der Waals surface area contributed by atoms with Gasteiger partial charge in [0.25, 0.3) is 0 Å². The van der Waals surface area contributed by atoms with Gasteiger partial charge >= 0.3 is 0 Å². The van der Waals surface area contributed by atoms with Gasteiger partial charge in [-0.2, -0.15) is 0 Å². The number of carbonyl (C=O) groups is 1. The van der Waals surface area contributed by atoms with Crippen molar-refractivity contribution in [2.45, 2.75) is 12.8 Å². The fraction of sp³-hybridized carbons (Fsp3) is 0.111. The summed E-state index contributed by atoms with van der Waals surface area (Å²) in [4.78, 5) is 24.3. The number of phenolic OH excluding ortho intramolecular Hbond substituents is 1. The van der Waals surface area contributed by atoms with Crippen LogP contribution >= 0.6 is 11.6 Å². The SMILES string of the molecule is O=C(CCc1ccc(Cl)cc1)c1cc(=O)c2ccc(O)cc2o1. The first-order valence-corrected chi connectivity index (χ1v) is 7.45. The molecule has 0 radical (unpaired) electrons. The quantitative estimate of drug-likeness (QED) is 0.736. The Labute approximate surface area is 136 Å². The molecular weight excluding hydrogens is 316 g/mol. The highest BCUT2D eigenvalue weighted by Gasteiger charge is 2.13. The van der Waals surface area contributed by atoms with Crippen LogP contribution in [0.25, 0.3) is 11.0 Å². The monoisotopic (exact) mass is 328 g/mol. The third-order valence-electron chi connectivity index (χ3n) is 3.54. The molecule has 3 aromatic rings. The van der Waals surface area contributed by atoms with E-state index in [0.29, 0.717) is 16.8 Å². The van der Waals surface area contributed by atoms with Gasteiger partial charge in [0.15, 0.2) is 17.0 Å². The molecule has 0 atom stereocenters. The molecule has 0 spiro atoms. The average molecular weight is 329 g/mol. The van der Waals surface area contributed by atoms with Crippen LogP contribution in [0.15, 0.2) is 57.7 Å². The predicted octanol–water partition coefficient (Wildman–Crippen LogP) is 3.97. The summed E-state index contributed by atoms with van der Waals surface area (Å²) in [7, 11) is 0. The van der Waals surface area contributed by atoms with Crippen molar-refractivity contribution < 1.29 is 14.3 Å². The molecular formula is C18H13ClO4. The van der Waals surface area contributed by atoms with Crippen LogP contribution in [0.3, 0.4) is 0 Å². The molecule has 0 aliphatic rings. The number of phenols is 1. The minimum absolute atomic E-state index is 0.00191. The molecule has 0 bridgehead atoms. The van der Waals surface area contributed by atoms with Crippen molar-refractivity contribution in [2.75, 3.05) is 0 Å². The predicted molar refractivity (Wildman–Crippen MR) is 88.3 cm³/mol. The van der Waals surface area contributed by atoms with Crippen LogP contribution < -0.4 is 5.43 Å². The van der Waals surface area contributed by atoms with E-state index in [-0.39, 0.29) is 34.7 Å². The van der Waals surface area contributed by atoms with Crippen molar-refractivity contribution in [3.63, 3.8) is 0 Å². The van der Waals surface area contributed by atoms with Crippen LogP contribution in [-0.2, 0) is 6.42 Å². The van der Waals surface area contributed by atoms with Gasteiger partial charge in [0, 0.05) is 23.6 Å². The second kappa shape index (κ2) is 6.26. The second-order valence-corrected chi connectivity index (χ2v) is 5.64. The number of aromatic hydroxyl groups is 1. The lowest BCUT2D eigenvalue weighted by atomic mass is 10.1. The van der Waals surface area contributed by atoms with E-state index in [1.165, 1.54) is 24.3 Å². The largest absolute Gasteiger partial charge is 0.508 e. The van der Waals surface area contributed by atoms with Crippen molar-refractivity contribution in [3.05, 3.63) is 75.1 Å². The Kier molecular flexibility index (Phi) is 4.17. The molecule has 116 valence electrons. The Morgan fingerprint density at radius 2 is 1.83 bits per heavy atom. The summed E-state index contributed by atoms with van der Waals surface area (Å²) in [6.07, 6.45) is 0.743. The van der Waals surface area contributed by atoms with Crippen LogP contribution in [0.1, 0.15) is 22.5 Å². The first kappa shape index (κ1) is 15.3. The van der Waals surface area contributed by atoms with Crippen LogP contribution in [0, 0.1) is 0 Å². The zero-order valence-corrected chi connectivity index (χ0v) is 12.8. The third kappa shape index (κ3) is 3.43. The molecule has 23 heavy (non-hydrogen) atoms. The molecule has 0 unspecified atom stereocenters. The normalized spacial score (nSPS) is 10.8. The van der Waals surface area contributed by atoms with Crippen LogP contribution in [-0.4, -0.2) is 10.9 Å². The van der Waals surface area contributed by atoms with Crippen LogP contribution in [0.4, 0.5) is 0 Å². The van der Waals surface area contributed by atoms with Crippen molar-refractivity contribution in [3.8, 4) is 5.75 Å². The number of benzene rings is 2. The Hall–Kier alpha value is -2.59. The highest BCUT2D eigenvalue weighted by molar-refractivity contribution is 6.30. The number of ketones is 1. The standard InChI is InChI=1S/C18H13ClO4/c19-12-4-1-11(2-5-12)3-8-15(21)18-10-16(22)14-7-6-13(20)9-17(14)23-18/h1-2,4-7,9-10,20H,3,8H2. The van der Waals surface area contributed by atoms with E-state index in [0.717, 1.165) is 5.56 Å². The number of aryl methyl sites for hydroxylation is 1. The fourth-order valence-corrected chi connectivity index (χ4v) is 2.44. The molecule has 5 heteroatoms.